The highest BCUT2D eigenvalue weighted by molar-refractivity contribution is 5.87. The third-order valence-electron chi connectivity index (χ3n) is 2.07. The number of H-pyrrole nitrogens is 1. The van der Waals surface area contributed by atoms with Crippen molar-refractivity contribution >= 4 is 16.9 Å². The molecule has 0 amide bonds. The monoisotopic (exact) mass is 230 g/mol. The van der Waals surface area contributed by atoms with Gasteiger partial charge in [-0.3, -0.25) is 0 Å². The minimum absolute atomic E-state index is 0.186. The molecular formula is C9H9F3N4. The average molecular weight is 230 g/mol. The van der Waals surface area contributed by atoms with E-state index in [9.17, 15) is 13.2 Å². The van der Waals surface area contributed by atoms with Gasteiger partial charge in [-0.2, -0.15) is 13.2 Å². The Hall–Kier alpha value is -1.79. The van der Waals surface area contributed by atoms with Gasteiger partial charge in [0.25, 0.3) is 0 Å². The Morgan fingerprint density at radius 3 is 2.50 bits per heavy atom. The van der Waals surface area contributed by atoms with Gasteiger partial charge in [-0.1, -0.05) is 0 Å². The lowest BCUT2D eigenvalue weighted by Crippen LogP contribution is -2.17. The van der Waals surface area contributed by atoms with Gasteiger partial charge < -0.3 is 9.88 Å². The van der Waals surface area contributed by atoms with Crippen molar-refractivity contribution in [3.8, 4) is 0 Å². The molecule has 0 aliphatic carbocycles. The first kappa shape index (κ1) is 10.7. The van der Waals surface area contributed by atoms with Crippen LogP contribution in [0.25, 0.3) is 11.0 Å². The summed E-state index contributed by atoms with van der Waals surface area (Å²) in [6.45, 7) is 0. The fraction of sp³-hybridized carbons (Fsp3) is 0.333. The van der Waals surface area contributed by atoms with Crippen LogP contribution < -0.4 is 4.90 Å². The second kappa shape index (κ2) is 3.36. The highest BCUT2D eigenvalue weighted by Gasteiger charge is 2.35. The van der Waals surface area contributed by atoms with Crippen LogP contribution in [0.3, 0.4) is 0 Å². The molecule has 2 aromatic heterocycles. The molecule has 0 aromatic carbocycles. The molecule has 0 fully saturated rings. The predicted octanol–water partition coefficient (Wildman–Crippen LogP) is 2.04. The quantitative estimate of drug-likeness (QED) is 0.815. The van der Waals surface area contributed by atoms with E-state index in [1.54, 1.807) is 20.2 Å². The molecule has 0 spiro atoms. The first-order valence-electron chi connectivity index (χ1n) is 4.49. The number of fused-ring (bicyclic) bond motifs is 1. The van der Waals surface area contributed by atoms with Gasteiger partial charge in [0.05, 0.1) is 5.39 Å². The molecule has 2 aromatic rings. The van der Waals surface area contributed by atoms with Gasteiger partial charge in [0.2, 0.25) is 5.82 Å². The maximum atomic E-state index is 12.5. The molecule has 0 saturated heterocycles. The summed E-state index contributed by atoms with van der Waals surface area (Å²) in [6.07, 6.45) is -3.00. The first-order chi connectivity index (χ1) is 7.39. The lowest BCUT2D eigenvalue weighted by atomic mass is 10.3. The zero-order chi connectivity index (χ0) is 11.9. The maximum Gasteiger partial charge on any atom is 0.451 e. The van der Waals surface area contributed by atoms with Crippen LogP contribution >= 0.6 is 0 Å². The van der Waals surface area contributed by atoms with Crippen molar-refractivity contribution in [1.29, 1.82) is 0 Å². The number of rotatable bonds is 1. The molecule has 0 radical (unpaired) electrons. The van der Waals surface area contributed by atoms with Gasteiger partial charge in [-0.05, 0) is 6.07 Å². The van der Waals surface area contributed by atoms with E-state index in [0.29, 0.717) is 5.39 Å². The lowest BCUT2D eigenvalue weighted by molar-refractivity contribution is -0.144. The van der Waals surface area contributed by atoms with Crippen LogP contribution in [-0.2, 0) is 6.18 Å². The fourth-order valence-electron chi connectivity index (χ4n) is 1.39. The van der Waals surface area contributed by atoms with Crippen LogP contribution in [0.5, 0.6) is 0 Å². The molecule has 86 valence electrons. The van der Waals surface area contributed by atoms with E-state index in [2.05, 4.69) is 15.0 Å². The summed E-state index contributed by atoms with van der Waals surface area (Å²) in [7, 11) is 3.27. The van der Waals surface area contributed by atoms with Crippen LogP contribution in [0.4, 0.5) is 19.0 Å². The molecule has 1 N–H and O–H groups in total. The summed E-state index contributed by atoms with van der Waals surface area (Å²) in [4.78, 5) is 11.1. The Kier molecular flexibility index (Phi) is 2.25. The van der Waals surface area contributed by atoms with Crippen LogP contribution in [0.2, 0.25) is 0 Å². The Balaban J connectivity index is 2.71. The van der Waals surface area contributed by atoms with Gasteiger partial charge in [0.1, 0.15) is 11.5 Å². The SMILES string of the molecule is CN(C)c1nc(C(F)(F)F)nc2[nH]ccc12. The van der Waals surface area contributed by atoms with Gasteiger partial charge in [-0.25, -0.2) is 9.97 Å². The normalized spacial score (nSPS) is 12.1. The molecule has 0 saturated carbocycles. The number of hydrogen-bond acceptors (Lipinski definition) is 3. The third-order valence-corrected chi connectivity index (χ3v) is 2.07. The maximum absolute atomic E-state index is 12.5. The smallest absolute Gasteiger partial charge is 0.362 e. The van der Waals surface area contributed by atoms with Gasteiger partial charge in [0.15, 0.2) is 0 Å². The summed E-state index contributed by atoms with van der Waals surface area (Å²) in [5.41, 5.74) is 0.186. The number of aromatic nitrogens is 3. The van der Waals surface area contributed by atoms with Crippen LogP contribution in [-0.4, -0.2) is 29.0 Å². The summed E-state index contributed by atoms with van der Waals surface area (Å²) in [5, 5.41) is 0.568. The Labute approximate surface area is 89.1 Å². The van der Waals surface area contributed by atoms with Crippen LogP contribution in [0.1, 0.15) is 5.82 Å². The second-order valence-electron chi connectivity index (χ2n) is 3.50. The van der Waals surface area contributed by atoms with E-state index < -0.39 is 12.0 Å². The Morgan fingerprint density at radius 1 is 1.25 bits per heavy atom. The van der Waals surface area contributed by atoms with E-state index in [1.807, 2.05) is 0 Å². The largest absolute Gasteiger partial charge is 0.451 e. The van der Waals surface area contributed by atoms with Gasteiger partial charge in [-0.15, -0.1) is 0 Å². The number of halogens is 3. The number of anilines is 1. The Morgan fingerprint density at radius 2 is 1.94 bits per heavy atom. The minimum Gasteiger partial charge on any atom is -0.362 e. The zero-order valence-corrected chi connectivity index (χ0v) is 8.63. The highest BCUT2D eigenvalue weighted by atomic mass is 19.4. The summed E-state index contributed by atoms with van der Waals surface area (Å²) < 4.78 is 37.5. The van der Waals surface area contributed by atoms with E-state index >= 15 is 0 Å². The molecule has 0 aliphatic heterocycles. The molecule has 4 nitrogen and oxygen atoms in total. The first-order valence-corrected chi connectivity index (χ1v) is 4.49. The summed E-state index contributed by atoms with van der Waals surface area (Å²) >= 11 is 0. The van der Waals surface area contributed by atoms with Crippen molar-refractivity contribution in [2.75, 3.05) is 19.0 Å². The molecule has 2 rings (SSSR count). The molecular weight excluding hydrogens is 221 g/mol. The van der Waals surface area contributed by atoms with E-state index in [4.69, 9.17) is 0 Å². The summed E-state index contributed by atoms with van der Waals surface area (Å²) in [6, 6.07) is 1.64. The predicted molar refractivity (Wildman–Crippen MR) is 53.2 cm³/mol. The van der Waals surface area contributed by atoms with E-state index in [0.717, 1.165) is 0 Å². The molecule has 0 unspecified atom stereocenters. The third kappa shape index (κ3) is 1.68. The molecule has 7 heteroatoms. The standard InChI is InChI=1S/C9H9F3N4/c1-16(2)7-5-3-4-13-6(5)14-8(15-7)9(10,11)12/h3-4H,1-2H3,(H,13,14,15). The van der Waals surface area contributed by atoms with Crippen molar-refractivity contribution in [1.82, 2.24) is 15.0 Å². The van der Waals surface area contributed by atoms with Crippen molar-refractivity contribution in [3.05, 3.63) is 18.1 Å². The number of nitrogens with one attached hydrogen (secondary N) is 1. The highest BCUT2D eigenvalue weighted by Crippen LogP contribution is 2.30. The van der Waals surface area contributed by atoms with Gasteiger partial charge >= 0.3 is 6.18 Å². The van der Waals surface area contributed by atoms with Gasteiger partial charge in [0, 0.05) is 20.3 Å². The van der Waals surface area contributed by atoms with E-state index in [1.165, 1.54) is 11.1 Å². The molecule has 0 atom stereocenters. The fourth-order valence-corrected chi connectivity index (χ4v) is 1.39. The molecule has 0 aliphatic rings. The van der Waals surface area contributed by atoms with Crippen molar-refractivity contribution < 1.29 is 13.2 Å². The van der Waals surface area contributed by atoms with Crippen LogP contribution in [0, 0.1) is 0 Å². The molecule has 0 bridgehead atoms. The second-order valence-corrected chi connectivity index (χ2v) is 3.50. The van der Waals surface area contributed by atoms with E-state index in [-0.39, 0.29) is 11.5 Å². The number of aromatic amines is 1. The van der Waals surface area contributed by atoms with Crippen LogP contribution in [0.15, 0.2) is 12.3 Å². The number of nitrogens with zero attached hydrogens (tertiary/aromatic N) is 3. The van der Waals surface area contributed by atoms with Crippen molar-refractivity contribution in [3.63, 3.8) is 0 Å². The average Bonchev–Trinajstić information content (AvgIpc) is 2.61. The van der Waals surface area contributed by atoms with Crippen molar-refractivity contribution in [2.24, 2.45) is 0 Å². The van der Waals surface area contributed by atoms with Crippen molar-refractivity contribution in [2.45, 2.75) is 6.18 Å². The lowest BCUT2D eigenvalue weighted by Gasteiger charge is -2.14. The molecule has 2 heterocycles. The number of hydrogen-bond donors (Lipinski definition) is 1. The number of alkyl halides is 3. The summed E-state index contributed by atoms with van der Waals surface area (Å²) in [5.74, 6) is -0.885. The topological polar surface area (TPSA) is 44.8 Å². The Bertz CT molecular complexity index is 515. The molecule has 16 heavy (non-hydrogen) atoms. The minimum atomic E-state index is -4.54. The zero-order valence-electron chi connectivity index (χ0n) is 8.63.